The fourth-order valence-electron chi connectivity index (χ4n) is 2.24. The molecule has 0 atom stereocenters. The normalized spacial score (nSPS) is 14.5. The first-order valence-corrected chi connectivity index (χ1v) is 7.23. The van der Waals surface area contributed by atoms with E-state index in [0.29, 0.717) is 0 Å². The molecular formula is C14H15N3OS. The SMILES string of the molecule is O=C(NN=Cc1ccc[nH]1)c1cc2c(s1)CCCC2. The number of fused-ring (bicyclic) bond motifs is 1. The maximum atomic E-state index is 12.0. The van der Waals surface area contributed by atoms with E-state index in [9.17, 15) is 4.79 Å². The third-order valence-electron chi connectivity index (χ3n) is 3.21. The molecule has 19 heavy (non-hydrogen) atoms. The van der Waals surface area contributed by atoms with Gasteiger partial charge in [-0.2, -0.15) is 5.10 Å². The van der Waals surface area contributed by atoms with Crippen molar-refractivity contribution >= 4 is 23.5 Å². The fraction of sp³-hybridized carbons (Fsp3) is 0.286. The summed E-state index contributed by atoms with van der Waals surface area (Å²) in [5, 5.41) is 3.95. The van der Waals surface area contributed by atoms with Gasteiger partial charge >= 0.3 is 0 Å². The van der Waals surface area contributed by atoms with Gasteiger partial charge in [-0.15, -0.1) is 11.3 Å². The lowest BCUT2D eigenvalue weighted by Crippen LogP contribution is -2.16. The molecule has 0 radical (unpaired) electrons. The van der Waals surface area contributed by atoms with Gasteiger partial charge in [0, 0.05) is 11.1 Å². The zero-order valence-electron chi connectivity index (χ0n) is 10.5. The Morgan fingerprint density at radius 2 is 2.32 bits per heavy atom. The first-order valence-electron chi connectivity index (χ1n) is 6.41. The highest BCUT2D eigenvalue weighted by atomic mass is 32.1. The molecule has 2 heterocycles. The Balaban J connectivity index is 1.65. The van der Waals surface area contributed by atoms with Crippen molar-refractivity contribution in [2.24, 2.45) is 5.10 Å². The number of hydrogen-bond donors (Lipinski definition) is 2. The van der Waals surface area contributed by atoms with Crippen LogP contribution in [0.3, 0.4) is 0 Å². The molecule has 1 aliphatic carbocycles. The number of hydrogen-bond acceptors (Lipinski definition) is 3. The van der Waals surface area contributed by atoms with Crippen molar-refractivity contribution in [2.75, 3.05) is 0 Å². The molecule has 98 valence electrons. The number of aryl methyl sites for hydroxylation is 2. The Hall–Kier alpha value is -1.88. The standard InChI is InChI=1S/C14H15N3OS/c18-14(17-16-9-11-5-3-7-15-11)13-8-10-4-1-2-6-12(10)19-13/h3,5,7-9,15H,1-2,4,6H2,(H,17,18). The van der Waals surface area contributed by atoms with Crippen LogP contribution in [0.4, 0.5) is 0 Å². The molecule has 2 aromatic rings. The lowest BCUT2D eigenvalue weighted by atomic mass is 9.99. The topological polar surface area (TPSA) is 57.2 Å². The Morgan fingerprint density at radius 1 is 1.42 bits per heavy atom. The summed E-state index contributed by atoms with van der Waals surface area (Å²) in [5.74, 6) is -0.123. The summed E-state index contributed by atoms with van der Waals surface area (Å²) in [6.07, 6.45) is 8.10. The van der Waals surface area contributed by atoms with E-state index in [0.717, 1.165) is 23.4 Å². The quantitative estimate of drug-likeness (QED) is 0.655. The average molecular weight is 273 g/mol. The average Bonchev–Trinajstić information content (AvgIpc) is 3.07. The van der Waals surface area contributed by atoms with E-state index in [1.54, 1.807) is 17.6 Å². The number of H-pyrrole nitrogens is 1. The van der Waals surface area contributed by atoms with Gasteiger partial charge in [-0.05, 0) is 49.4 Å². The van der Waals surface area contributed by atoms with Crippen molar-refractivity contribution in [3.8, 4) is 0 Å². The number of rotatable bonds is 3. The number of aromatic amines is 1. The van der Waals surface area contributed by atoms with E-state index in [4.69, 9.17) is 0 Å². The number of aromatic nitrogens is 1. The molecule has 0 aromatic carbocycles. The van der Waals surface area contributed by atoms with Crippen LogP contribution in [-0.2, 0) is 12.8 Å². The van der Waals surface area contributed by atoms with Gasteiger partial charge in [0.15, 0.2) is 0 Å². The number of hydrazone groups is 1. The highest BCUT2D eigenvalue weighted by Gasteiger charge is 2.16. The van der Waals surface area contributed by atoms with Crippen LogP contribution in [0, 0.1) is 0 Å². The van der Waals surface area contributed by atoms with Crippen LogP contribution in [0.5, 0.6) is 0 Å². The van der Waals surface area contributed by atoms with Crippen LogP contribution < -0.4 is 5.43 Å². The van der Waals surface area contributed by atoms with Gasteiger partial charge < -0.3 is 4.98 Å². The minimum absolute atomic E-state index is 0.123. The van der Waals surface area contributed by atoms with Crippen molar-refractivity contribution in [2.45, 2.75) is 25.7 Å². The second kappa shape index (κ2) is 5.40. The summed E-state index contributed by atoms with van der Waals surface area (Å²) >= 11 is 1.60. The van der Waals surface area contributed by atoms with Crippen LogP contribution in [0.1, 0.15) is 38.6 Å². The van der Waals surface area contributed by atoms with E-state index in [1.807, 2.05) is 24.4 Å². The molecule has 0 spiro atoms. The summed E-state index contributed by atoms with van der Waals surface area (Å²) < 4.78 is 0. The Bertz CT molecular complexity index is 575. The molecule has 1 aliphatic rings. The molecule has 0 saturated heterocycles. The molecule has 2 aromatic heterocycles. The van der Waals surface area contributed by atoms with E-state index in [1.165, 1.54) is 23.3 Å². The number of thiophene rings is 1. The molecule has 0 fully saturated rings. The van der Waals surface area contributed by atoms with Gasteiger partial charge in [0.2, 0.25) is 0 Å². The van der Waals surface area contributed by atoms with Gasteiger partial charge in [0.05, 0.1) is 16.8 Å². The van der Waals surface area contributed by atoms with Crippen LogP contribution in [0.25, 0.3) is 0 Å². The van der Waals surface area contributed by atoms with E-state index in [2.05, 4.69) is 15.5 Å². The molecule has 0 aliphatic heterocycles. The lowest BCUT2D eigenvalue weighted by Gasteiger charge is -2.08. The molecule has 1 amide bonds. The van der Waals surface area contributed by atoms with Crippen LogP contribution >= 0.6 is 11.3 Å². The fourth-order valence-corrected chi connectivity index (χ4v) is 3.39. The molecule has 0 saturated carbocycles. The zero-order valence-corrected chi connectivity index (χ0v) is 11.3. The molecule has 0 unspecified atom stereocenters. The predicted molar refractivity (Wildman–Crippen MR) is 76.8 cm³/mol. The maximum absolute atomic E-state index is 12.0. The molecule has 3 rings (SSSR count). The minimum atomic E-state index is -0.123. The van der Waals surface area contributed by atoms with Crippen molar-refractivity contribution in [3.05, 3.63) is 45.4 Å². The molecular weight excluding hydrogens is 258 g/mol. The van der Waals surface area contributed by atoms with Crippen molar-refractivity contribution in [1.82, 2.24) is 10.4 Å². The summed E-state index contributed by atoms with van der Waals surface area (Å²) in [6.45, 7) is 0. The summed E-state index contributed by atoms with van der Waals surface area (Å²) in [4.78, 5) is 17.1. The second-order valence-corrected chi connectivity index (χ2v) is 5.73. The number of carbonyl (C=O) groups excluding carboxylic acids is 1. The molecule has 5 heteroatoms. The summed E-state index contributed by atoms with van der Waals surface area (Å²) in [7, 11) is 0. The Morgan fingerprint density at radius 3 is 3.11 bits per heavy atom. The Labute approximate surface area is 115 Å². The first kappa shape index (κ1) is 12.2. The highest BCUT2D eigenvalue weighted by Crippen LogP contribution is 2.29. The largest absolute Gasteiger partial charge is 0.360 e. The predicted octanol–water partition coefficient (Wildman–Crippen LogP) is 2.72. The summed E-state index contributed by atoms with van der Waals surface area (Å²) in [5.41, 5.74) is 4.78. The van der Waals surface area contributed by atoms with Gasteiger partial charge in [-0.3, -0.25) is 4.79 Å². The van der Waals surface area contributed by atoms with Crippen molar-refractivity contribution in [1.29, 1.82) is 0 Å². The minimum Gasteiger partial charge on any atom is -0.360 e. The number of nitrogens with zero attached hydrogens (tertiary/aromatic N) is 1. The third-order valence-corrected chi connectivity index (χ3v) is 4.45. The van der Waals surface area contributed by atoms with E-state index in [-0.39, 0.29) is 5.91 Å². The number of carbonyl (C=O) groups is 1. The second-order valence-electron chi connectivity index (χ2n) is 4.59. The Kier molecular flexibility index (Phi) is 3.46. The first-order chi connectivity index (χ1) is 9.33. The zero-order chi connectivity index (χ0) is 13.1. The van der Waals surface area contributed by atoms with Gasteiger partial charge in [0.25, 0.3) is 5.91 Å². The monoisotopic (exact) mass is 273 g/mol. The summed E-state index contributed by atoms with van der Waals surface area (Å²) in [6, 6.07) is 5.79. The van der Waals surface area contributed by atoms with Crippen molar-refractivity contribution in [3.63, 3.8) is 0 Å². The molecule has 4 nitrogen and oxygen atoms in total. The van der Waals surface area contributed by atoms with Crippen LogP contribution in [0.2, 0.25) is 0 Å². The number of amides is 1. The van der Waals surface area contributed by atoms with E-state index < -0.39 is 0 Å². The van der Waals surface area contributed by atoms with Crippen LogP contribution in [-0.4, -0.2) is 17.1 Å². The van der Waals surface area contributed by atoms with Crippen LogP contribution in [0.15, 0.2) is 29.5 Å². The smallest absolute Gasteiger partial charge is 0.281 e. The highest BCUT2D eigenvalue weighted by molar-refractivity contribution is 7.14. The molecule has 2 N–H and O–H groups in total. The lowest BCUT2D eigenvalue weighted by molar-refractivity contribution is 0.0959. The van der Waals surface area contributed by atoms with E-state index >= 15 is 0 Å². The van der Waals surface area contributed by atoms with Gasteiger partial charge in [-0.1, -0.05) is 0 Å². The van der Waals surface area contributed by atoms with Gasteiger partial charge in [0.1, 0.15) is 0 Å². The molecule has 0 bridgehead atoms. The maximum Gasteiger partial charge on any atom is 0.281 e. The third kappa shape index (κ3) is 2.76. The van der Waals surface area contributed by atoms with Gasteiger partial charge in [-0.25, -0.2) is 5.43 Å². The van der Waals surface area contributed by atoms with Crippen molar-refractivity contribution < 1.29 is 4.79 Å². The number of nitrogens with one attached hydrogen (secondary N) is 2.